The molecule has 2 aromatic carbocycles. The van der Waals surface area contributed by atoms with Crippen LogP contribution in [0.2, 0.25) is 0 Å². The Morgan fingerprint density at radius 1 is 1.04 bits per heavy atom. The summed E-state index contributed by atoms with van der Waals surface area (Å²) >= 11 is 0. The smallest absolute Gasteiger partial charge is 0.133 e. The number of hydrogen-bond donors (Lipinski definition) is 1. The van der Waals surface area contributed by atoms with Crippen LogP contribution >= 0.6 is 0 Å². The number of aromatic nitrogens is 1. The molecule has 0 saturated carbocycles. The first-order valence-electron chi connectivity index (χ1n) is 8.56. The normalized spacial score (nSPS) is 11.0. The van der Waals surface area contributed by atoms with Crippen molar-refractivity contribution in [3.63, 3.8) is 0 Å². The number of nitrogens with one attached hydrogen (secondary N) is 1. The molecule has 3 nitrogen and oxygen atoms in total. The van der Waals surface area contributed by atoms with E-state index < -0.39 is 0 Å². The van der Waals surface area contributed by atoms with Gasteiger partial charge in [-0.3, -0.25) is 0 Å². The van der Waals surface area contributed by atoms with Crippen molar-refractivity contribution in [3.05, 3.63) is 71.0 Å². The maximum Gasteiger partial charge on any atom is 0.133 e. The zero-order valence-corrected chi connectivity index (χ0v) is 15.0. The summed E-state index contributed by atoms with van der Waals surface area (Å²) in [6.07, 6.45) is 0.873. The summed E-state index contributed by atoms with van der Waals surface area (Å²) in [5.41, 5.74) is 4.56. The summed E-state index contributed by atoms with van der Waals surface area (Å²) in [7, 11) is 4.04. The van der Waals surface area contributed by atoms with Gasteiger partial charge in [-0.25, -0.2) is 9.37 Å². The molecule has 0 radical (unpaired) electrons. The van der Waals surface area contributed by atoms with E-state index in [1.165, 1.54) is 23.3 Å². The number of fused-ring (bicyclic) bond motifs is 1. The van der Waals surface area contributed by atoms with Gasteiger partial charge >= 0.3 is 0 Å². The van der Waals surface area contributed by atoms with Gasteiger partial charge in [0, 0.05) is 31.6 Å². The molecule has 0 bridgehead atoms. The minimum atomic E-state index is -0.190. The van der Waals surface area contributed by atoms with Gasteiger partial charge in [-0.1, -0.05) is 24.3 Å². The summed E-state index contributed by atoms with van der Waals surface area (Å²) < 4.78 is 12.9. The van der Waals surface area contributed by atoms with E-state index in [0.717, 1.165) is 41.8 Å². The Bertz CT molecular complexity index is 857. The van der Waals surface area contributed by atoms with Crippen LogP contribution in [0, 0.1) is 12.7 Å². The fourth-order valence-electron chi connectivity index (χ4n) is 2.93. The molecule has 130 valence electrons. The van der Waals surface area contributed by atoms with E-state index in [4.69, 9.17) is 4.98 Å². The van der Waals surface area contributed by atoms with Crippen molar-refractivity contribution in [2.75, 3.05) is 25.5 Å². The van der Waals surface area contributed by atoms with Crippen molar-refractivity contribution in [3.8, 4) is 0 Å². The van der Waals surface area contributed by atoms with E-state index in [-0.39, 0.29) is 5.82 Å². The van der Waals surface area contributed by atoms with Crippen LogP contribution in [0.5, 0.6) is 0 Å². The van der Waals surface area contributed by atoms with Gasteiger partial charge in [0.15, 0.2) is 0 Å². The monoisotopic (exact) mass is 337 g/mol. The molecule has 0 aliphatic carbocycles. The third-order valence-corrected chi connectivity index (χ3v) is 4.27. The highest BCUT2D eigenvalue weighted by atomic mass is 19.1. The predicted octanol–water partition coefficient (Wildman–Crippen LogP) is 4.08. The van der Waals surface area contributed by atoms with Crippen LogP contribution in [-0.4, -0.2) is 25.6 Å². The number of anilines is 1. The maximum atomic E-state index is 12.9. The molecule has 0 fully saturated rings. The van der Waals surface area contributed by atoms with Gasteiger partial charge in [0.05, 0.1) is 5.52 Å². The van der Waals surface area contributed by atoms with Gasteiger partial charge in [-0.15, -0.1) is 0 Å². The molecular weight excluding hydrogens is 313 g/mol. The van der Waals surface area contributed by atoms with Gasteiger partial charge in [0.25, 0.3) is 0 Å². The lowest BCUT2D eigenvalue weighted by Gasteiger charge is -2.18. The summed E-state index contributed by atoms with van der Waals surface area (Å²) in [6, 6.07) is 15.3. The standard InChI is InChI=1S/C21H24FN3/c1-15-4-7-17-13-18(21(25(2)3)24-20(17)12-15)14-23-11-10-16-5-8-19(22)9-6-16/h4-9,12-13,23H,10-11,14H2,1-3H3. The quantitative estimate of drug-likeness (QED) is 0.687. The first kappa shape index (κ1) is 17.4. The van der Waals surface area contributed by atoms with E-state index in [9.17, 15) is 4.39 Å². The average Bonchev–Trinajstić information content (AvgIpc) is 2.59. The van der Waals surface area contributed by atoms with Crippen LogP contribution < -0.4 is 10.2 Å². The van der Waals surface area contributed by atoms with Crippen molar-refractivity contribution in [1.82, 2.24) is 10.3 Å². The van der Waals surface area contributed by atoms with Crippen LogP contribution in [0.1, 0.15) is 16.7 Å². The van der Waals surface area contributed by atoms with Crippen molar-refractivity contribution >= 4 is 16.7 Å². The number of aryl methyl sites for hydroxylation is 1. The van der Waals surface area contributed by atoms with Crippen LogP contribution in [-0.2, 0) is 13.0 Å². The lowest BCUT2D eigenvalue weighted by molar-refractivity contribution is 0.626. The second-order valence-electron chi connectivity index (χ2n) is 6.61. The minimum absolute atomic E-state index is 0.190. The zero-order chi connectivity index (χ0) is 17.8. The molecule has 0 aliphatic rings. The van der Waals surface area contributed by atoms with Crippen molar-refractivity contribution in [2.24, 2.45) is 0 Å². The minimum Gasteiger partial charge on any atom is -0.362 e. The number of nitrogens with zero attached hydrogens (tertiary/aromatic N) is 2. The Morgan fingerprint density at radius 2 is 1.80 bits per heavy atom. The van der Waals surface area contributed by atoms with Crippen molar-refractivity contribution in [1.29, 1.82) is 0 Å². The average molecular weight is 337 g/mol. The van der Waals surface area contributed by atoms with Gasteiger partial charge in [0.2, 0.25) is 0 Å². The number of rotatable bonds is 6. The Labute approximate surface area is 148 Å². The summed E-state index contributed by atoms with van der Waals surface area (Å²) in [6.45, 7) is 3.68. The van der Waals surface area contributed by atoms with Gasteiger partial charge < -0.3 is 10.2 Å². The van der Waals surface area contributed by atoms with Crippen LogP contribution in [0.4, 0.5) is 10.2 Å². The van der Waals surface area contributed by atoms with Crippen LogP contribution in [0.15, 0.2) is 48.5 Å². The molecule has 0 unspecified atom stereocenters. The number of halogens is 1. The Kier molecular flexibility index (Phi) is 5.29. The van der Waals surface area contributed by atoms with E-state index in [1.807, 2.05) is 26.2 Å². The highest BCUT2D eigenvalue weighted by Gasteiger charge is 2.09. The van der Waals surface area contributed by atoms with Gasteiger partial charge in [-0.05, 0) is 55.3 Å². The molecule has 1 N–H and O–H groups in total. The molecule has 0 atom stereocenters. The molecule has 25 heavy (non-hydrogen) atoms. The second-order valence-corrected chi connectivity index (χ2v) is 6.61. The Balaban J connectivity index is 1.70. The molecule has 3 aromatic rings. The van der Waals surface area contributed by atoms with Crippen LogP contribution in [0.3, 0.4) is 0 Å². The largest absolute Gasteiger partial charge is 0.362 e. The van der Waals surface area contributed by atoms with Gasteiger partial charge in [0.1, 0.15) is 11.6 Å². The summed E-state index contributed by atoms with van der Waals surface area (Å²) in [5.74, 6) is 0.803. The summed E-state index contributed by atoms with van der Waals surface area (Å²) in [4.78, 5) is 6.88. The first-order valence-corrected chi connectivity index (χ1v) is 8.56. The van der Waals surface area contributed by atoms with Crippen LogP contribution in [0.25, 0.3) is 10.9 Å². The maximum absolute atomic E-state index is 12.9. The molecule has 0 amide bonds. The Hall–Kier alpha value is -2.46. The van der Waals surface area contributed by atoms with E-state index in [0.29, 0.717) is 0 Å². The van der Waals surface area contributed by atoms with Crippen molar-refractivity contribution in [2.45, 2.75) is 19.9 Å². The SMILES string of the molecule is Cc1ccc2cc(CNCCc3ccc(F)cc3)c(N(C)C)nc2c1. The summed E-state index contributed by atoms with van der Waals surface area (Å²) in [5, 5.41) is 4.63. The molecule has 0 saturated heterocycles. The van der Waals surface area contributed by atoms with E-state index in [2.05, 4.69) is 41.4 Å². The zero-order valence-electron chi connectivity index (χ0n) is 15.0. The molecule has 0 spiro atoms. The number of pyridine rings is 1. The molecular formula is C21H24FN3. The highest BCUT2D eigenvalue weighted by Crippen LogP contribution is 2.23. The lowest BCUT2D eigenvalue weighted by Crippen LogP contribution is -2.20. The highest BCUT2D eigenvalue weighted by molar-refractivity contribution is 5.82. The fraction of sp³-hybridized carbons (Fsp3) is 0.286. The number of hydrogen-bond acceptors (Lipinski definition) is 3. The number of benzene rings is 2. The molecule has 4 heteroatoms. The second kappa shape index (κ2) is 7.62. The first-order chi connectivity index (χ1) is 12.0. The molecule has 3 rings (SSSR count). The van der Waals surface area contributed by atoms with Crippen molar-refractivity contribution < 1.29 is 4.39 Å². The Morgan fingerprint density at radius 3 is 2.52 bits per heavy atom. The van der Waals surface area contributed by atoms with E-state index in [1.54, 1.807) is 0 Å². The third kappa shape index (κ3) is 4.34. The molecule has 0 aliphatic heterocycles. The van der Waals surface area contributed by atoms with E-state index >= 15 is 0 Å². The predicted molar refractivity (Wildman–Crippen MR) is 103 cm³/mol. The lowest BCUT2D eigenvalue weighted by atomic mass is 10.1. The third-order valence-electron chi connectivity index (χ3n) is 4.27. The molecule has 1 heterocycles. The molecule has 1 aromatic heterocycles. The van der Waals surface area contributed by atoms with Gasteiger partial charge in [-0.2, -0.15) is 0 Å². The fourth-order valence-corrected chi connectivity index (χ4v) is 2.93. The topological polar surface area (TPSA) is 28.2 Å².